The molecule has 1 aliphatic heterocycles. The minimum atomic E-state index is -3.63. The van der Waals surface area contributed by atoms with E-state index in [1.165, 1.54) is 23.5 Å². The number of fused-ring (bicyclic) bond motifs is 1. The Morgan fingerprint density at radius 3 is 2.36 bits per heavy atom. The van der Waals surface area contributed by atoms with Crippen LogP contribution < -0.4 is 16.0 Å². The van der Waals surface area contributed by atoms with Gasteiger partial charge in [-0.15, -0.1) is 0 Å². The van der Waals surface area contributed by atoms with Crippen molar-refractivity contribution in [1.82, 2.24) is 24.6 Å². The van der Waals surface area contributed by atoms with Crippen molar-refractivity contribution in [1.29, 1.82) is 0 Å². The minimum absolute atomic E-state index is 0.188. The topological polar surface area (TPSA) is 125 Å². The van der Waals surface area contributed by atoms with Crippen LogP contribution in [0.2, 0.25) is 0 Å². The van der Waals surface area contributed by atoms with Crippen molar-refractivity contribution in [3.8, 4) is 0 Å². The fraction of sp³-hybridized carbons (Fsp3) is 0.318. The number of aromatic nitrogens is 2. The van der Waals surface area contributed by atoms with Crippen molar-refractivity contribution in [2.75, 3.05) is 32.5 Å². The Labute approximate surface area is 192 Å². The number of anilines is 1. The van der Waals surface area contributed by atoms with Gasteiger partial charge in [0.2, 0.25) is 10.0 Å². The van der Waals surface area contributed by atoms with Crippen LogP contribution in [-0.2, 0) is 10.0 Å². The lowest BCUT2D eigenvalue weighted by atomic mass is 9.90. The highest BCUT2D eigenvalue weighted by Crippen LogP contribution is 2.32. The Hall–Kier alpha value is -3.44. The number of nitrogens with zero attached hydrogens (tertiary/aromatic N) is 3. The van der Waals surface area contributed by atoms with Gasteiger partial charge >= 0.3 is 6.03 Å². The molecule has 1 aromatic carbocycles. The van der Waals surface area contributed by atoms with Crippen molar-refractivity contribution in [2.45, 2.75) is 23.7 Å². The van der Waals surface area contributed by atoms with E-state index < -0.39 is 10.0 Å². The van der Waals surface area contributed by atoms with Crippen LogP contribution in [0.5, 0.6) is 0 Å². The van der Waals surface area contributed by atoms with Crippen LogP contribution in [0.4, 0.5) is 10.5 Å². The molecule has 2 aromatic heterocycles. The Morgan fingerprint density at radius 2 is 1.73 bits per heavy atom. The molecule has 3 N–H and O–H groups in total. The van der Waals surface area contributed by atoms with E-state index >= 15 is 0 Å². The molecule has 33 heavy (non-hydrogen) atoms. The summed E-state index contributed by atoms with van der Waals surface area (Å²) in [4.78, 5) is 23.7. The van der Waals surface area contributed by atoms with Crippen LogP contribution in [0.3, 0.4) is 0 Å². The fourth-order valence-corrected chi connectivity index (χ4v) is 5.51. The maximum absolute atomic E-state index is 13.1. The van der Waals surface area contributed by atoms with E-state index in [-0.39, 0.29) is 22.8 Å². The van der Waals surface area contributed by atoms with Crippen LogP contribution in [0.25, 0.3) is 5.52 Å². The van der Waals surface area contributed by atoms with Crippen LogP contribution in [0.15, 0.2) is 53.7 Å². The van der Waals surface area contributed by atoms with Gasteiger partial charge in [-0.1, -0.05) is 0 Å². The molecule has 0 bridgehead atoms. The highest BCUT2D eigenvalue weighted by molar-refractivity contribution is 7.89. The highest BCUT2D eigenvalue weighted by atomic mass is 32.2. The van der Waals surface area contributed by atoms with Gasteiger partial charge in [0.1, 0.15) is 0 Å². The Balaban J connectivity index is 1.46. The molecule has 174 valence electrons. The number of nitrogens with one attached hydrogen (secondary N) is 3. The summed E-state index contributed by atoms with van der Waals surface area (Å²) in [6.07, 6.45) is 4.72. The molecule has 3 aromatic rings. The van der Waals surface area contributed by atoms with Crippen LogP contribution in [0.1, 0.15) is 34.7 Å². The molecule has 0 aliphatic carbocycles. The van der Waals surface area contributed by atoms with Gasteiger partial charge in [-0.05, 0) is 60.7 Å². The summed E-state index contributed by atoms with van der Waals surface area (Å²) in [7, 11) is -0.540. The molecule has 0 spiro atoms. The number of rotatable bonds is 5. The van der Waals surface area contributed by atoms with E-state index in [4.69, 9.17) is 0 Å². The second-order valence-electron chi connectivity index (χ2n) is 7.83. The molecular weight excluding hydrogens is 444 g/mol. The van der Waals surface area contributed by atoms with Gasteiger partial charge in [-0.2, -0.15) is 9.40 Å². The summed E-state index contributed by atoms with van der Waals surface area (Å²) in [6.45, 7) is 0.802. The molecule has 4 rings (SSSR count). The second kappa shape index (κ2) is 9.20. The van der Waals surface area contributed by atoms with E-state index in [2.05, 4.69) is 21.0 Å². The summed E-state index contributed by atoms with van der Waals surface area (Å²) in [6, 6.07) is 9.70. The number of hydrogen-bond acceptors (Lipinski definition) is 5. The van der Waals surface area contributed by atoms with Gasteiger partial charge < -0.3 is 16.0 Å². The van der Waals surface area contributed by atoms with Crippen LogP contribution in [-0.4, -0.2) is 61.5 Å². The number of carbonyl (C=O) groups is 2. The van der Waals surface area contributed by atoms with Gasteiger partial charge in [0, 0.05) is 39.1 Å². The zero-order chi connectivity index (χ0) is 23.6. The normalized spacial score (nSPS) is 15.3. The van der Waals surface area contributed by atoms with Crippen molar-refractivity contribution in [3.05, 3.63) is 59.9 Å². The summed E-state index contributed by atoms with van der Waals surface area (Å²) >= 11 is 0. The molecule has 1 saturated heterocycles. The van der Waals surface area contributed by atoms with E-state index in [1.54, 1.807) is 29.9 Å². The average molecular weight is 471 g/mol. The minimum Gasteiger partial charge on any atom is -0.355 e. The third kappa shape index (κ3) is 4.55. The maximum atomic E-state index is 13.1. The molecule has 0 atom stereocenters. The van der Waals surface area contributed by atoms with Gasteiger partial charge in [-0.3, -0.25) is 4.79 Å². The van der Waals surface area contributed by atoms with Crippen molar-refractivity contribution >= 4 is 33.2 Å². The average Bonchev–Trinajstić information content (AvgIpc) is 3.27. The molecule has 11 heteroatoms. The second-order valence-corrected chi connectivity index (χ2v) is 9.77. The summed E-state index contributed by atoms with van der Waals surface area (Å²) in [5.74, 6) is -0.00683. The SMILES string of the molecule is CNC(=O)Nc1ccc(S(=O)(=O)N2CCC(c3ccn4ncc(C(=O)NC)c4c3)CC2)cc1. The Bertz CT molecular complexity index is 1280. The summed E-state index contributed by atoms with van der Waals surface area (Å²) < 4.78 is 29.3. The number of pyridine rings is 1. The van der Waals surface area contributed by atoms with E-state index in [0.717, 1.165) is 11.1 Å². The zero-order valence-corrected chi connectivity index (χ0v) is 19.2. The molecule has 3 heterocycles. The van der Waals surface area contributed by atoms with Crippen molar-refractivity contribution in [2.24, 2.45) is 0 Å². The number of sulfonamides is 1. The van der Waals surface area contributed by atoms with Gasteiger partial charge in [0.05, 0.1) is 22.2 Å². The van der Waals surface area contributed by atoms with Crippen molar-refractivity contribution in [3.63, 3.8) is 0 Å². The molecule has 3 amide bonds. The number of amides is 3. The summed E-state index contributed by atoms with van der Waals surface area (Å²) in [5.41, 5.74) is 2.81. The van der Waals surface area contributed by atoms with Gasteiger partial charge in [0.25, 0.3) is 5.91 Å². The molecular formula is C22H26N6O4S. The fourth-order valence-electron chi connectivity index (χ4n) is 4.04. The predicted molar refractivity (Wildman–Crippen MR) is 124 cm³/mol. The lowest BCUT2D eigenvalue weighted by Crippen LogP contribution is -2.37. The maximum Gasteiger partial charge on any atom is 0.318 e. The Morgan fingerprint density at radius 1 is 1.03 bits per heavy atom. The monoisotopic (exact) mass is 470 g/mol. The molecule has 0 radical (unpaired) electrons. The number of piperidine rings is 1. The third-order valence-corrected chi connectivity index (χ3v) is 7.83. The quantitative estimate of drug-likeness (QED) is 0.526. The Kier molecular flexibility index (Phi) is 6.34. The van der Waals surface area contributed by atoms with Crippen LogP contribution >= 0.6 is 0 Å². The highest BCUT2D eigenvalue weighted by Gasteiger charge is 2.30. The van der Waals surface area contributed by atoms with E-state index in [9.17, 15) is 18.0 Å². The van der Waals surface area contributed by atoms with E-state index in [1.807, 2.05) is 18.3 Å². The standard InChI is InChI=1S/C22H26N6O4S/c1-23-21(29)19-14-25-28-12-9-16(13-20(19)28)15-7-10-27(11-8-15)33(31,32)18-5-3-17(4-6-18)26-22(30)24-2/h3-6,9,12-15H,7-8,10-11H2,1-2H3,(H,23,29)(H2,24,26,30). The predicted octanol–water partition coefficient (Wildman–Crippen LogP) is 2.01. The number of hydrogen-bond donors (Lipinski definition) is 3. The largest absolute Gasteiger partial charge is 0.355 e. The molecule has 0 saturated carbocycles. The number of urea groups is 1. The van der Waals surface area contributed by atoms with Crippen LogP contribution in [0, 0.1) is 0 Å². The van der Waals surface area contributed by atoms with Crippen molar-refractivity contribution < 1.29 is 18.0 Å². The first kappa shape index (κ1) is 22.7. The van der Waals surface area contributed by atoms with Gasteiger partial charge in [0.15, 0.2) is 0 Å². The molecule has 1 fully saturated rings. The first-order valence-corrected chi connectivity index (χ1v) is 12.1. The molecule has 0 unspecified atom stereocenters. The number of carbonyl (C=O) groups excluding carboxylic acids is 2. The molecule has 10 nitrogen and oxygen atoms in total. The summed E-state index contributed by atoms with van der Waals surface area (Å²) in [5, 5.41) is 11.9. The first-order chi connectivity index (χ1) is 15.8. The lowest BCUT2D eigenvalue weighted by Gasteiger charge is -2.31. The number of benzene rings is 1. The first-order valence-electron chi connectivity index (χ1n) is 10.6. The zero-order valence-electron chi connectivity index (χ0n) is 18.4. The third-order valence-electron chi connectivity index (χ3n) is 5.92. The van der Waals surface area contributed by atoms with Gasteiger partial charge in [-0.25, -0.2) is 17.7 Å². The lowest BCUT2D eigenvalue weighted by molar-refractivity contribution is 0.0964. The smallest absolute Gasteiger partial charge is 0.318 e. The van der Waals surface area contributed by atoms with E-state index in [0.29, 0.717) is 37.2 Å². The molecule has 1 aliphatic rings.